The first-order valence-electron chi connectivity index (χ1n) is 13.5. The second-order valence-corrected chi connectivity index (χ2v) is 14.9. The molecule has 0 spiro atoms. The molecule has 11 nitrogen and oxygen atoms in total. The van der Waals surface area contributed by atoms with Gasteiger partial charge < -0.3 is 14.8 Å². The summed E-state index contributed by atoms with van der Waals surface area (Å²) in [6.07, 6.45) is 1.17. The molecule has 13 heteroatoms. The van der Waals surface area contributed by atoms with Crippen LogP contribution in [-0.4, -0.2) is 42.6 Å². The summed E-state index contributed by atoms with van der Waals surface area (Å²) in [5, 5.41) is 21.1. The van der Waals surface area contributed by atoms with Gasteiger partial charge in [-0.3, -0.25) is 14.5 Å². The summed E-state index contributed by atoms with van der Waals surface area (Å²) < 4.78 is 77.9. The van der Waals surface area contributed by atoms with Crippen molar-refractivity contribution in [3.8, 4) is 22.5 Å². The Hall–Kier alpha value is -3.78. The van der Waals surface area contributed by atoms with E-state index in [1.54, 1.807) is 18.2 Å². The zero-order valence-corrected chi connectivity index (χ0v) is 25.8. The van der Waals surface area contributed by atoms with E-state index in [1.807, 2.05) is 34.6 Å². The Morgan fingerprint density at radius 1 is 1.05 bits per heavy atom. The second kappa shape index (κ2) is 10.2. The molecule has 5 rings (SSSR count). The number of hydrogen-bond acceptors (Lipinski definition) is 8. The van der Waals surface area contributed by atoms with E-state index >= 15 is 0 Å². The molecular weight excluding hydrogens is 596 g/mol. The van der Waals surface area contributed by atoms with Gasteiger partial charge in [-0.15, -0.1) is 0 Å². The van der Waals surface area contributed by atoms with E-state index in [0.29, 0.717) is 18.4 Å². The molecule has 3 aliphatic rings. The first kappa shape index (κ1) is 30.7. The molecule has 228 valence electrons. The largest absolute Gasteiger partial charge is 0.478 e. The van der Waals surface area contributed by atoms with Crippen LogP contribution in [0.5, 0.6) is 0 Å². The maximum Gasteiger partial charge on any atom is 0.336 e. The van der Waals surface area contributed by atoms with Crippen molar-refractivity contribution >= 4 is 42.9 Å². The van der Waals surface area contributed by atoms with E-state index < -0.39 is 58.2 Å². The highest BCUT2D eigenvalue weighted by Crippen LogP contribution is 2.50. The van der Waals surface area contributed by atoms with Gasteiger partial charge in [0.05, 0.1) is 16.6 Å². The van der Waals surface area contributed by atoms with E-state index in [-0.39, 0.29) is 45.2 Å². The van der Waals surface area contributed by atoms with E-state index in [0.717, 1.165) is 11.6 Å². The predicted molar refractivity (Wildman–Crippen MR) is 160 cm³/mol. The molecule has 5 N–H and O–H groups in total. The molecule has 1 unspecified atom stereocenters. The van der Waals surface area contributed by atoms with Crippen molar-refractivity contribution in [3.05, 3.63) is 58.4 Å². The Morgan fingerprint density at radius 2 is 1.70 bits per heavy atom. The highest BCUT2D eigenvalue weighted by atomic mass is 32.2. The van der Waals surface area contributed by atoms with Crippen LogP contribution in [0.15, 0.2) is 50.6 Å². The molecule has 0 aromatic heterocycles. The number of rotatable bonds is 6. The van der Waals surface area contributed by atoms with Crippen LogP contribution in [0.4, 0.5) is 5.69 Å². The lowest BCUT2D eigenvalue weighted by Crippen LogP contribution is -2.37. The Kier molecular flexibility index (Phi) is 7.24. The van der Waals surface area contributed by atoms with Crippen molar-refractivity contribution in [2.24, 2.45) is 5.92 Å². The van der Waals surface area contributed by atoms with E-state index in [9.17, 15) is 35.8 Å². The molecule has 2 aromatic rings. The smallest absolute Gasteiger partial charge is 0.336 e. The van der Waals surface area contributed by atoms with E-state index in [4.69, 9.17) is 9.83 Å². The number of nitrogens with one attached hydrogen (secondary N) is 2. The monoisotopic (exact) mass is 628 g/mol. The lowest BCUT2D eigenvalue weighted by molar-refractivity contribution is 0.0697. The standard InChI is InChI=1S/C30H32N2O9S2/c1-14(2)10-16-6-7-17(29(33)34)20(11-16)23-18-8-9-22(31)27(42(35,36)37)25(18)41-26-21(23)12-19-15(3)13-30(4,5)32-24(19)28(26)43(38,39)40/h6-9,11-12,14-15,31-32H,10,13H2,1-5H3,(H,33,34)(H,35,36,37)(H,38,39,40). The summed E-state index contributed by atoms with van der Waals surface area (Å²) in [4.78, 5) is 10.9. The first-order chi connectivity index (χ1) is 19.8. The van der Waals surface area contributed by atoms with Crippen molar-refractivity contribution in [2.45, 2.75) is 68.7 Å². The average molecular weight is 629 g/mol. The molecule has 0 saturated heterocycles. The summed E-state index contributed by atoms with van der Waals surface area (Å²) in [6.45, 7) is 9.59. The highest BCUT2D eigenvalue weighted by molar-refractivity contribution is 7.86. The normalized spacial score (nSPS) is 16.8. The molecule has 2 heterocycles. The number of fused-ring (bicyclic) bond motifs is 3. The molecule has 2 aromatic carbocycles. The van der Waals surface area contributed by atoms with Crippen molar-refractivity contribution in [3.63, 3.8) is 0 Å². The van der Waals surface area contributed by atoms with Crippen LogP contribution in [0.25, 0.3) is 33.4 Å². The molecule has 0 bridgehead atoms. The minimum absolute atomic E-state index is 0.0262. The molecule has 1 aliphatic carbocycles. The fourth-order valence-corrected chi connectivity index (χ4v) is 7.76. The van der Waals surface area contributed by atoms with Crippen molar-refractivity contribution in [2.75, 3.05) is 5.32 Å². The van der Waals surface area contributed by atoms with Crippen LogP contribution in [0.1, 0.15) is 68.4 Å². The molecular formula is C30H32N2O9S2. The molecule has 0 fully saturated rings. The number of carboxylic acids is 1. The third kappa shape index (κ3) is 5.42. The summed E-state index contributed by atoms with van der Waals surface area (Å²) >= 11 is 0. The van der Waals surface area contributed by atoms with Gasteiger partial charge in [0, 0.05) is 22.1 Å². The third-order valence-electron chi connectivity index (χ3n) is 7.68. The van der Waals surface area contributed by atoms with Crippen LogP contribution in [0, 0.1) is 11.3 Å². The second-order valence-electron chi connectivity index (χ2n) is 12.2. The number of carboxylic acid groups (broad SMARTS) is 1. The molecule has 43 heavy (non-hydrogen) atoms. The van der Waals surface area contributed by atoms with Gasteiger partial charge in [-0.2, -0.15) is 16.8 Å². The van der Waals surface area contributed by atoms with Crippen molar-refractivity contribution < 1.29 is 40.3 Å². The Balaban J connectivity index is 2.12. The van der Waals surface area contributed by atoms with Gasteiger partial charge in [-0.1, -0.05) is 32.9 Å². The fraction of sp³-hybridized carbons (Fsp3) is 0.333. The van der Waals surface area contributed by atoms with Gasteiger partial charge in [-0.05, 0) is 79.5 Å². The van der Waals surface area contributed by atoms with Crippen LogP contribution in [0.2, 0.25) is 0 Å². The van der Waals surface area contributed by atoms with Gasteiger partial charge in [0.1, 0.15) is 0 Å². The maximum atomic E-state index is 13.1. The average Bonchev–Trinajstić information content (AvgIpc) is 2.83. The SMILES string of the molecule is CC(C)Cc1ccc(C(=O)O)c(-c2c3ccc(=N)c(S(=O)(=O)O)c-3oc3c(S(=O)(=O)O)c4c(cc23)C(C)CC(C)(C)N4)c1. The summed E-state index contributed by atoms with van der Waals surface area (Å²) in [5.74, 6) is -1.86. The molecule has 1 atom stereocenters. The number of benzene rings is 3. The molecule has 2 aliphatic heterocycles. The molecule has 0 amide bonds. The number of anilines is 1. The fourth-order valence-electron chi connectivity index (χ4n) is 6.21. The number of hydrogen-bond donors (Lipinski definition) is 5. The van der Waals surface area contributed by atoms with Crippen LogP contribution < -0.4 is 10.7 Å². The summed E-state index contributed by atoms with van der Waals surface area (Å²) in [7, 11) is -10.1. The highest BCUT2D eigenvalue weighted by Gasteiger charge is 2.38. The van der Waals surface area contributed by atoms with Crippen LogP contribution in [-0.2, 0) is 26.7 Å². The minimum Gasteiger partial charge on any atom is -0.478 e. The van der Waals surface area contributed by atoms with Crippen molar-refractivity contribution in [1.29, 1.82) is 5.41 Å². The minimum atomic E-state index is -5.10. The molecule has 0 radical (unpaired) electrons. The zero-order chi connectivity index (χ0) is 31.8. The quantitative estimate of drug-likeness (QED) is 0.129. The zero-order valence-electron chi connectivity index (χ0n) is 24.1. The van der Waals surface area contributed by atoms with E-state index in [1.165, 1.54) is 12.1 Å². The predicted octanol–water partition coefficient (Wildman–Crippen LogP) is 5.77. The lowest BCUT2D eigenvalue weighted by Gasteiger charge is -2.38. The first-order valence-corrected chi connectivity index (χ1v) is 16.4. The van der Waals surface area contributed by atoms with Crippen LogP contribution >= 0.6 is 0 Å². The summed E-state index contributed by atoms with van der Waals surface area (Å²) in [5.41, 5.74) is 0.447. The Morgan fingerprint density at radius 3 is 2.28 bits per heavy atom. The third-order valence-corrected chi connectivity index (χ3v) is 9.50. The van der Waals surface area contributed by atoms with Gasteiger partial charge >= 0.3 is 5.97 Å². The Bertz CT molecular complexity index is 2080. The lowest BCUT2D eigenvalue weighted by atomic mass is 9.80. The molecule has 0 saturated carbocycles. The van der Waals surface area contributed by atoms with Crippen molar-refractivity contribution in [1.82, 2.24) is 0 Å². The van der Waals surface area contributed by atoms with Gasteiger partial charge in [0.25, 0.3) is 20.2 Å². The van der Waals surface area contributed by atoms with Gasteiger partial charge in [0.15, 0.2) is 21.1 Å². The van der Waals surface area contributed by atoms with Gasteiger partial charge in [-0.25, -0.2) is 4.79 Å². The Labute approximate surface area is 248 Å². The summed E-state index contributed by atoms with van der Waals surface area (Å²) in [6, 6.07) is 8.90. The number of carbonyl (C=O) groups is 1. The van der Waals surface area contributed by atoms with Gasteiger partial charge in [0.2, 0.25) is 0 Å². The van der Waals surface area contributed by atoms with E-state index in [2.05, 4.69) is 5.32 Å². The van der Waals surface area contributed by atoms with Crippen LogP contribution in [0.3, 0.4) is 0 Å². The topological polar surface area (TPSA) is 195 Å². The maximum absolute atomic E-state index is 13.1. The number of aromatic carboxylic acids is 1.